The Morgan fingerprint density at radius 3 is 2.85 bits per heavy atom. The molecule has 0 fully saturated rings. The van der Waals surface area contributed by atoms with Crippen LogP contribution in [0.25, 0.3) is 0 Å². The first kappa shape index (κ1) is 10.8. The fraction of sp³-hybridized carbons (Fsp3) is 0.444. The standard InChI is InChI=1S/C9H11BrClNO/c1-6(10)5-7-3-4-8(11)12-9(7)13-2/h3-4,6H,5H2,1-2H3. The summed E-state index contributed by atoms with van der Waals surface area (Å²) < 4.78 is 5.11. The van der Waals surface area contributed by atoms with E-state index in [4.69, 9.17) is 16.3 Å². The van der Waals surface area contributed by atoms with Gasteiger partial charge in [0.25, 0.3) is 0 Å². The molecule has 0 aromatic carbocycles. The average Bonchev–Trinajstić information content (AvgIpc) is 2.07. The van der Waals surface area contributed by atoms with Gasteiger partial charge in [0, 0.05) is 10.4 Å². The molecule has 4 heteroatoms. The first-order chi connectivity index (χ1) is 6.13. The van der Waals surface area contributed by atoms with Crippen LogP contribution in [0.1, 0.15) is 12.5 Å². The fourth-order valence-corrected chi connectivity index (χ4v) is 1.57. The lowest BCUT2D eigenvalue weighted by Gasteiger charge is -2.08. The summed E-state index contributed by atoms with van der Waals surface area (Å²) in [6.07, 6.45) is 0.882. The third kappa shape index (κ3) is 3.16. The topological polar surface area (TPSA) is 22.1 Å². The molecule has 1 aromatic heterocycles. The summed E-state index contributed by atoms with van der Waals surface area (Å²) in [7, 11) is 1.60. The molecule has 0 amide bonds. The van der Waals surface area contributed by atoms with Crippen LogP contribution in [0.4, 0.5) is 0 Å². The molecule has 0 N–H and O–H groups in total. The van der Waals surface area contributed by atoms with E-state index in [-0.39, 0.29) is 0 Å². The number of nitrogens with zero attached hydrogens (tertiary/aromatic N) is 1. The molecule has 0 saturated carbocycles. The van der Waals surface area contributed by atoms with Crippen molar-refractivity contribution in [1.29, 1.82) is 0 Å². The van der Waals surface area contributed by atoms with E-state index >= 15 is 0 Å². The van der Waals surface area contributed by atoms with E-state index in [1.54, 1.807) is 13.2 Å². The minimum absolute atomic E-state index is 0.407. The largest absolute Gasteiger partial charge is 0.481 e. The van der Waals surface area contributed by atoms with Gasteiger partial charge in [0.15, 0.2) is 0 Å². The van der Waals surface area contributed by atoms with Crippen molar-refractivity contribution in [2.45, 2.75) is 18.2 Å². The summed E-state index contributed by atoms with van der Waals surface area (Å²) >= 11 is 9.21. The number of hydrogen-bond acceptors (Lipinski definition) is 2. The van der Waals surface area contributed by atoms with Crippen molar-refractivity contribution < 1.29 is 4.74 Å². The van der Waals surface area contributed by atoms with Crippen molar-refractivity contribution in [3.8, 4) is 5.88 Å². The van der Waals surface area contributed by atoms with Gasteiger partial charge in [-0.3, -0.25) is 0 Å². The van der Waals surface area contributed by atoms with Crippen LogP contribution in [0.15, 0.2) is 12.1 Å². The average molecular weight is 265 g/mol. The summed E-state index contributed by atoms with van der Waals surface area (Å²) in [5, 5.41) is 0.461. The van der Waals surface area contributed by atoms with E-state index in [9.17, 15) is 0 Å². The molecule has 1 rings (SSSR count). The van der Waals surface area contributed by atoms with Gasteiger partial charge in [-0.15, -0.1) is 0 Å². The van der Waals surface area contributed by atoms with Gasteiger partial charge in [-0.05, 0) is 12.5 Å². The highest BCUT2D eigenvalue weighted by Crippen LogP contribution is 2.21. The Labute approximate surface area is 91.4 Å². The molecule has 1 aromatic rings. The molecule has 0 spiro atoms. The Hall–Kier alpha value is -0.280. The van der Waals surface area contributed by atoms with Crippen LogP contribution < -0.4 is 4.74 Å². The highest BCUT2D eigenvalue weighted by atomic mass is 79.9. The molecule has 0 bridgehead atoms. The van der Waals surface area contributed by atoms with Crippen LogP contribution in [0.3, 0.4) is 0 Å². The Morgan fingerprint density at radius 2 is 2.31 bits per heavy atom. The number of alkyl halides is 1. The predicted molar refractivity (Wildman–Crippen MR) is 57.9 cm³/mol. The first-order valence-corrected chi connectivity index (χ1v) is 5.26. The van der Waals surface area contributed by atoms with E-state index in [1.807, 2.05) is 6.07 Å². The SMILES string of the molecule is COc1nc(Cl)ccc1CC(C)Br. The maximum absolute atomic E-state index is 5.73. The zero-order valence-corrected chi connectivity index (χ0v) is 9.89. The van der Waals surface area contributed by atoms with Crippen LogP contribution in [0, 0.1) is 0 Å². The van der Waals surface area contributed by atoms with Crippen LogP contribution in [-0.4, -0.2) is 16.9 Å². The van der Waals surface area contributed by atoms with Gasteiger partial charge in [-0.25, -0.2) is 4.98 Å². The molecule has 0 saturated heterocycles. The molecule has 72 valence electrons. The minimum atomic E-state index is 0.407. The highest BCUT2D eigenvalue weighted by molar-refractivity contribution is 9.09. The van der Waals surface area contributed by atoms with Gasteiger partial charge in [0.05, 0.1) is 7.11 Å². The normalized spacial score (nSPS) is 12.6. The molecule has 0 radical (unpaired) electrons. The summed E-state index contributed by atoms with van der Waals surface area (Å²) in [5.41, 5.74) is 1.07. The van der Waals surface area contributed by atoms with E-state index in [1.165, 1.54) is 0 Å². The highest BCUT2D eigenvalue weighted by Gasteiger charge is 2.07. The van der Waals surface area contributed by atoms with E-state index in [0.717, 1.165) is 12.0 Å². The molecule has 1 atom stereocenters. The molecule has 0 aliphatic heterocycles. The lowest BCUT2D eigenvalue weighted by molar-refractivity contribution is 0.392. The third-order valence-electron chi connectivity index (χ3n) is 1.60. The molecular weight excluding hydrogens is 253 g/mol. The zero-order chi connectivity index (χ0) is 9.84. The number of hydrogen-bond donors (Lipinski definition) is 0. The number of ether oxygens (including phenoxy) is 1. The van der Waals surface area contributed by atoms with Gasteiger partial charge < -0.3 is 4.74 Å². The maximum atomic E-state index is 5.73. The van der Waals surface area contributed by atoms with Gasteiger partial charge >= 0.3 is 0 Å². The Kier molecular flexibility index (Phi) is 4.00. The second-order valence-corrected chi connectivity index (χ2v) is 4.74. The minimum Gasteiger partial charge on any atom is -0.481 e. The molecule has 1 unspecified atom stereocenters. The van der Waals surface area contributed by atoms with E-state index in [0.29, 0.717) is 15.9 Å². The van der Waals surface area contributed by atoms with Crippen LogP contribution >= 0.6 is 27.5 Å². The molecule has 13 heavy (non-hydrogen) atoms. The van der Waals surface area contributed by atoms with Crippen molar-refractivity contribution >= 4 is 27.5 Å². The summed E-state index contributed by atoms with van der Waals surface area (Å²) in [6, 6.07) is 3.71. The molecule has 2 nitrogen and oxygen atoms in total. The molecule has 0 aliphatic rings. The fourth-order valence-electron chi connectivity index (χ4n) is 1.08. The number of pyridine rings is 1. The van der Waals surface area contributed by atoms with Crippen molar-refractivity contribution in [2.24, 2.45) is 0 Å². The van der Waals surface area contributed by atoms with Gasteiger partial charge in [-0.2, -0.15) is 0 Å². The van der Waals surface area contributed by atoms with Gasteiger partial charge in [-0.1, -0.05) is 40.5 Å². The quantitative estimate of drug-likeness (QED) is 0.618. The second kappa shape index (κ2) is 4.82. The molecular formula is C9H11BrClNO. The first-order valence-electron chi connectivity index (χ1n) is 3.97. The van der Waals surface area contributed by atoms with E-state index < -0.39 is 0 Å². The monoisotopic (exact) mass is 263 g/mol. The summed E-state index contributed by atoms with van der Waals surface area (Å²) in [4.78, 5) is 4.47. The number of rotatable bonds is 3. The van der Waals surface area contributed by atoms with Crippen LogP contribution in [0.2, 0.25) is 5.15 Å². The van der Waals surface area contributed by atoms with Crippen molar-refractivity contribution in [3.05, 3.63) is 22.8 Å². The molecule has 0 aliphatic carbocycles. The van der Waals surface area contributed by atoms with Gasteiger partial charge in [0.2, 0.25) is 5.88 Å². The predicted octanol–water partition coefficient (Wildman–Crippen LogP) is 3.07. The summed E-state index contributed by atoms with van der Waals surface area (Å²) in [5.74, 6) is 0.610. The summed E-state index contributed by atoms with van der Waals surface area (Å²) in [6.45, 7) is 2.08. The molecule has 1 heterocycles. The van der Waals surface area contributed by atoms with Crippen molar-refractivity contribution in [2.75, 3.05) is 7.11 Å². The second-order valence-electron chi connectivity index (χ2n) is 2.79. The van der Waals surface area contributed by atoms with Crippen LogP contribution in [0.5, 0.6) is 5.88 Å². The Morgan fingerprint density at radius 1 is 1.62 bits per heavy atom. The smallest absolute Gasteiger partial charge is 0.217 e. The number of halogens is 2. The van der Waals surface area contributed by atoms with Crippen LogP contribution in [-0.2, 0) is 6.42 Å². The van der Waals surface area contributed by atoms with Crippen molar-refractivity contribution in [3.63, 3.8) is 0 Å². The van der Waals surface area contributed by atoms with E-state index in [2.05, 4.69) is 27.8 Å². The van der Waals surface area contributed by atoms with Gasteiger partial charge in [0.1, 0.15) is 5.15 Å². The zero-order valence-electron chi connectivity index (χ0n) is 7.55. The lowest BCUT2D eigenvalue weighted by Crippen LogP contribution is -2.01. The number of aromatic nitrogens is 1. The Balaban J connectivity index is 2.92. The van der Waals surface area contributed by atoms with Crippen molar-refractivity contribution in [1.82, 2.24) is 4.98 Å². The Bertz CT molecular complexity index is 291. The maximum Gasteiger partial charge on any atom is 0.217 e. The number of methoxy groups -OCH3 is 1. The third-order valence-corrected chi connectivity index (χ3v) is 2.13. The lowest BCUT2D eigenvalue weighted by atomic mass is 10.1.